The van der Waals surface area contributed by atoms with Crippen molar-refractivity contribution in [1.29, 1.82) is 0 Å². The summed E-state index contributed by atoms with van der Waals surface area (Å²) in [5, 5.41) is 8.19. The van der Waals surface area contributed by atoms with E-state index >= 15 is 0 Å². The summed E-state index contributed by atoms with van der Waals surface area (Å²) in [4.78, 5) is 6.77. The molecule has 1 N–H and O–H groups in total. The van der Waals surface area contributed by atoms with Gasteiger partial charge in [0.2, 0.25) is 0 Å². The van der Waals surface area contributed by atoms with Gasteiger partial charge in [0.15, 0.2) is 5.65 Å². The molecule has 1 aliphatic rings. The molecule has 5 nitrogen and oxygen atoms in total. The molecule has 0 spiro atoms. The number of pyridine rings is 1. The lowest BCUT2D eigenvalue weighted by atomic mass is 10.3. The van der Waals surface area contributed by atoms with Gasteiger partial charge in [-0.15, -0.1) is 0 Å². The topological polar surface area (TPSA) is 54.0 Å². The second-order valence-corrected chi connectivity index (χ2v) is 4.76. The minimum Gasteiger partial charge on any atom is -0.378 e. The van der Waals surface area contributed by atoms with Crippen molar-refractivity contribution >= 4 is 39.4 Å². The lowest BCUT2D eigenvalue weighted by molar-refractivity contribution is 0.122. The highest BCUT2D eigenvalue weighted by Crippen LogP contribution is 2.20. The fraction of sp³-hybridized carbons (Fsp3) is 0.400. The zero-order valence-electron chi connectivity index (χ0n) is 8.61. The fourth-order valence-electron chi connectivity index (χ4n) is 1.83. The number of rotatable bonds is 1. The van der Waals surface area contributed by atoms with E-state index in [1.165, 1.54) is 0 Å². The van der Waals surface area contributed by atoms with Crippen LogP contribution in [0.5, 0.6) is 0 Å². The number of ether oxygens (including phenoxy) is 1. The summed E-state index contributed by atoms with van der Waals surface area (Å²) in [6, 6.07) is 4.11. The molecule has 84 valence electrons. The van der Waals surface area contributed by atoms with Crippen LogP contribution in [-0.2, 0) is 4.74 Å². The summed E-state index contributed by atoms with van der Waals surface area (Å²) >= 11 is 2.23. The molecule has 1 fully saturated rings. The summed E-state index contributed by atoms with van der Waals surface area (Å²) in [7, 11) is 0. The number of anilines is 1. The molecule has 0 aromatic carbocycles. The molecular formula is C10H11IN4O. The van der Waals surface area contributed by atoms with Crippen LogP contribution in [0.25, 0.3) is 11.0 Å². The molecule has 0 amide bonds. The van der Waals surface area contributed by atoms with E-state index < -0.39 is 0 Å². The Kier molecular flexibility index (Phi) is 2.68. The van der Waals surface area contributed by atoms with E-state index in [0.717, 1.165) is 46.9 Å². The van der Waals surface area contributed by atoms with Crippen LogP contribution in [0.2, 0.25) is 0 Å². The van der Waals surface area contributed by atoms with E-state index in [-0.39, 0.29) is 0 Å². The normalized spacial score (nSPS) is 16.9. The lowest BCUT2D eigenvalue weighted by Gasteiger charge is -2.27. The first kappa shape index (κ1) is 10.3. The molecule has 3 rings (SSSR count). The van der Waals surface area contributed by atoms with Crippen LogP contribution in [0, 0.1) is 3.70 Å². The van der Waals surface area contributed by atoms with Crippen molar-refractivity contribution in [2.24, 2.45) is 0 Å². The van der Waals surface area contributed by atoms with E-state index in [4.69, 9.17) is 4.74 Å². The minimum atomic E-state index is 0.776. The molecule has 2 aromatic rings. The van der Waals surface area contributed by atoms with Gasteiger partial charge in [-0.25, -0.2) is 4.98 Å². The first-order valence-electron chi connectivity index (χ1n) is 5.18. The Bertz CT molecular complexity index is 506. The minimum absolute atomic E-state index is 0.776. The molecule has 0 bridgehead atoms. The Balaban J connectivity index is 1.97. The average Bonchev–Trinajstić information content (AvgIpc) is 2.72. The highest BCUT2D eigenvalue weighted by Gasteiger charge is 2.13. The SMILES string of the molecule is Ic1[nH]nc2nc(N3CCOCC3)ccc12. The van der Waals surface area contributed by atoms with Crippen LogP contribution in [0.4, 0.5) is 5.82 Å². The van der Waals surface area contributed by atoms with Gasteiger partial charge in [-0.2, -0.15) is 5.10 Å². The molecular weight excluding hydrogens is 319 g/mol. The number of hydrogen-bond donors (Lipinski definition) is 1. The third-order valence-corrected chi connectivity index (χ3v) is 3.51. The van der Waals surface area contributed by atoms with Gasteiger partial charge >= 0.3 is 0 Å². The maximum atomic E-state index is 5.32. The molecule has 0 saturated carbocycles. The van der Waals surface area contributed by atoms with Gasteiger partial charge in [0.25, 0.3) is 0 Å². The standard InChI is InChI=1S/C10H11IN4O/c11-9-7-1-2-8(12-10(7)14-13-9)15-3-5-16-6-4-15/h1-2H,3-6H2,(H,12,13,14). The van der Waals surface area contributed by atoms with Crippen LogP contribution >= 0.6 is 22.6 Å². The summed E-state index contributed by atoms with van der Waals surface area (Å²) in [5.41, 5.74) is 0.786. The zero-order chi connectivity index (χ0) is 11.0. The van der Waals surface area contributed by atoms with Gasteiger partial charge in [-0.05, 0) is 34.7 Å². The molecule has 1 aliphatic heterocycles. The average molecular weight is 330 g/mol. The van der Waals surface area contributed by atoms with Crippen LogP contribution < -0.4 is 4.90 Å². The number of aromatic amines is 1. The number of H-pyrrole nitrogens is 1. The maximum absolute atomic E-state index is 5.32. The molecule has 0 aliphatic carbocycles. The molecule has 0 atom stereocenters. The first-order valence-corrected chi connectivity index (χ1v) is 6.26. The lowest BCUT2D eigenvalue weighted by Crippen LogP contribution is -2.36. The number of halogens is 1. The number of morpholine rings is 1. The Morgan fingerprint density at radius 1 is 1.31 bits per heavy atom. The van der Waals surface area contributed by atoms with Crippen LogP contribution in [0.15, 0.2) is 12.1 Å². The number of nitrogens with one attached hydrogen (secondary N) is 1. The number of hydrogen-bond acceptors (Lipinski definition) is 4. The van der Waals surface area contributed by atoms with Crippen molar-refractivity contribution < 1.29 is 4.74 Å². The Hall–Kier alpha value is -0.890. The third kappa shape index (κ3) is 1.75. The van der Waals surface area contributed by atoms with Gasteiger partial charge in [0.05, 0.1) is 18.6 Å². The van der Waals surface area contributed by atoms with Gasteiger partial charge in [-0.1, -0.05) is 0 Å². The monoisotopic (exact) mass is 330 g/mol. The second kappa shape index (κ2) is 4.17. The Labute approximate surface area is 106 Å². The number of nitrogens with zero attached hydrogens (tertiary/aromatic N) is 3. The highest BCUT2D eigenvalue weighted by atomic mass is 127. The van der Waals surface area contributed by atoms with Crippen molar-refractivity contribution in [1.82, 2.24) is 15.2 Å². The van der Waals surface area contributed by atoms with Gasteiger partial charge in [0.1, 0.15) is 9.52 Å². The molecule has 0 unspecified atom stereocenters. The van der Waals surface area contributed by atoms with Gasteiger partial charge < -0.3 is 9.64 Å². The van der Waals surface area contributed by atoms with E-state index in [2.05, 4.69) is 48.7 Å². The van der Waals surface area contributed by atoms with Crippen LogP contribution in [-0.4, -0.2) is 41.5 Å². The number of fused-ring (bicyclic) bond motifs is 1. The quantitative estimate of drug-likeness (QED) is 0.803. The fourth-order valence-corrected chi connectivity index (χ4v) is 2.37. The smallest absolute Gasteiger partial charge is 0.183 e. The molecule has 16 heavy (non-hydrogen) atoms. The maximum Gasteiger partial charge on any atom is 0.183 e. The molecule has 1 saturated heterocycles. The van der Waals surface area contributed by atoms with Crippen LogP contribution in [0.1, 0.15) is 0 Å². The van der Waals surface area contributed by atoms with Crippen molar-refractivity contribution in [3.8, 4) is 0 Å². The molecule has 3 heterocycles. The van der Waals surface area contributed by atoms with Crippen molar-refractivity contribution in [2.45, 2.75) is 0 Å². The van der Waals surface area contributed by atoms with Crippen molar-refractivity contribution in [3.05, 3.63) is 15.8 Å². The summed E-state index contributed by atoms with van der Waals surface area (Å²) < 4.78 is 6.36. The molecule has 0 radical (unpaired) electrons. The predicted octanol–water partition coefficient (Wildman–Crippen LogP) is 1.40. The van der Waals surface area contributed by atoms with E-state index in [0.29, 0.717) is 0 Å². The zero-order valence-corrected chi connectivity index (χ0v) is 10.8. The summed E-state index contributed by atoms with van der Waals surface area (Å²) in [6.07, 6.45) is 0. The second-order valence-electron chi connectivity index (χ2n) is 3.68. The van der Waals surface area contributed by atoms with E-state index in [1.807, 2.05) is 6.07 Å². The number of aromatic nitrogens is 3. The van der Waals surface area contributed by atoms with Crippen LogP contribution in [0.3, 0.4) is 0 Å². The van der Waals surface area contributed by atoms with Gasteiger partial charge in [0, 0.05) is 13.1 Å². The molecule has 6 heteroatoms. The van der Waals surface area contributed by atoms with E-state index in [9.17, 15) is 0 Å². The Morgan fingerprint density at radius 3 is 2.94 bits per heavy atom. The highest BCUT2D eigenvalue weighted by molar-refractivity contribution is 14.1. The largest absolute Gasteiger partial charge is 0.378 e. The predicted molar refractivity (Wildman–Crippen MR) is 69.6 cm³/mol. The third-order valence-electron chi connectivity index (χ3n) is 2.69. The molecule has 2 aromatic heterocycles. The van der Waals surface area contributed by atoms with Gasteiger partial charge in [-0.3, -0.25) is 5.10 Å². The van der Waals surface area contributed by atoms with Crippen molar-refractivity contribution in [3.63, 3.8) is 0 Å². The summed E-state index contributed by atoms with van der Waals surface area (Å²) in [5.74, 6) is 0.985. The van der Waals surface area contributed by atoms with Crippen molar-refractivity contribution in [2.75, 3.05) is 31.2 Å². The summed E-state index contributed by atoms with van der Waals surface area (Å²) in [6.45, 7) is 3.36. The Morgan fingerprint density at radius 2 is 2.12 bits per heavy atom. The first-order chi connectivity index (χ1) is 7.84. The van der Waals surface area contributed by atoms with E-state index in [1.54, 1.807) is 0 Å².